The molecule has 1 atom stereocenters. The smallest absolute Gasteiger partial charge is 0.420 e. The highest BCUT2D eigenvalue weighted by Crippen LogP contribution is 2.44. The number of Topliss-reactive ketones (excluding diaryl/α,β-unsaturated/α-hetero) is 1. The average molecular weight is 586 g/mol. The van der Waals surface area contributed by atoms with Crippen molar-refractivity contribution in [3.8, 4) is 22.6 Å². The number of ether oxygens (including phenoxy) is 2. The van der Waals surface area contributed by atoms with Crippen LogP contribution in [0.15, 0.2) is 139 Å². The Morgan fingerprint density at radius 3 is 2.27 bits per heavy atom. The molecule has 0 bridgehead atoms. The van der Waals surface area contributed by atoms with E-state index in [1.807, 2.05) is 84.9 Å². The Morgan fingerprint density at radius 1 is 0.841 bits per heavy atom. The van der Waals surface area contributed by atoms with Crippen LogP contribution in [-0.4, -0.2) is 17.0 Å². The Labute approximate surface area is 254 Å². The van der Waals surface area contributed by atoms with Gasteiger partial charge in [0.15, 0.2) is 5.78 Å². The van der Waals surface area contributed by atoms with Crippen LogP contribution < -0.4 is 9.64 Å². The Hall–Kier alpha value is -5.69. The summed E-state index contributed by atoms with van der Waals surface area (Å²) in [6.45, 7) is 0.270. The Morgan fingerprint density at radius 2 is 1.55 bits per heavy atom. The number of allylic oxidation sites excluding steroid dienone is 1. The van der Waals surface area contributed by atoms with Gasteiger partial charge in [0.05, 0.1) is 0 Å². The average Bonchev–Trinajstić information content (AvgIpc) is 3.39. The van der Waals surface area contributed by atoms with E-state index >= 15 is 0 Å². The third-order valence-corrected chi connectivity index (χ3v) is 7.34. The summed E-state index contributed by atoms with van der Waals surface area (Å²) >= 11 is 0. The molecule has 1 aliphatic rings. The highest BCUT2D eigenvalue weighted by molar-refractivity contribution is 5.97. The van der Waals surface area contributed by atoms with Crippen LogP contribution >= 0.6 is 0 Å². The first-order chi connectivity index (χ1) is 21.5. The van der Waals surface area contributed by atoms with Crippen LogP contribution in [0, 0.1) is 5.82 Å². The number of aromatic hydroxyl groups is 1. The summed E-state index contributed by atoms with van der Waals surface area (Å²) in [5, 5.41) is 10.1. The summed E-state index contributed by atoms with van der Waals surface area (Å²) in [6.07, 6.45) is 0.948. The van der Waals surface area contributed by atoms with Gasteiger partial charge in [-0.3, -0.25) is 9.69 Å². The molecule has 6 rings (SSSR count). The van der Waals surface area contributed by atoms with Gasteiger partial charge in [0.2, 0.25) is 0 Å². The molecule has 218 valence electrons. The van der Waals surface area contributed by atoms with E-state index < -0.39 is 18.0 Å². The zero-order valence-corrected chi connectivity index (χ0v) is 23.6. The standard InChI is InChI=1S/C37H28FNO5/c38-29-17-14-26(15-18-29)33(41)20-21-34-36(39(37(42)44-34)30-11-5-2-6-12-30)32-19-16-28(27-10-7-13-31(40)22-27)23-35(32)43-24-25-8-3-1-4-9-25/h1-19,21-23,36,40H,20,24H2/t36-/m1/s1. The van der Waals surface area contributed by atoms with Gasteiger partial charge in [-0.1, -0.05) is 72.8 Å². The fourth-order valence-corrected chi connectivity index (χ4v) is 5.16. The van der Waals surface area contributed by atoms with Crippen LogP contribution in [0.4, 0.5) is 14.9 Å². The number of hydrogen-bond donors (Lipinski definition) is 1. The zero-order valence-electron chi connectivity index (χ0n) is 23.6. The van der Waals surface area contributed by atoms with Crippen molar-refractivity contribution in [1.82, 2.24) is 0 Å². The van der Waals surface area contributed by atoms with E-state index in [1.165, 1.54) is 29.2 Å². The molecule has 6 nitrogen and oxygen atoms in total. The molecule has 0 spiro atoms. The SMILES string of the molecule is O=C(CC=C1OC(=O)N(c2ccccc2)[C@@H]1c1ccc(-c2cccc(O)c2)cc1OCc1ccccc1)c1ccc(F)cc1. The van der Waals surface area contributed by atoms with Crippen LogP contribution in [0.3, 0.4) is 0 Å². The van der Waals surface area contributed by atoms with Gasteiger partial charge >= 0.3 is 6.09 Å². The van der Waals surface area contributed by atoms with Gasteiger partial charge in [-0.2, -0.15) is 0 Å². The van der Waals surface area contributed by atoms with Gasteiger partial charge in [0, 0.05) is 23.2 Å². The lowest BCUT2D eigenvalue weighted by molar-refractivity contribution is 0.0994. The van der Waals surface area contributed by atoms with Crippen LogP contribution in [0.2, 0.25) is 0 Å². The number of nitrogens with zero attached hydrogens (tertiary/aromatic N) is 1. The van der Waals surface area contributed by atoms with E-state index in [1.54, 1.807) is 24.3 Å². The van der Waals surface area contributed by atoms with Crippen molar-refractivity contribution < 1.29 is 28.6 Å². The summed E-state index contributed by atoms with van der Waals surface area (Å²) in [4.78, 5) is 27.9. The molecule has 0 saturated carbocycles. The minimum Gasteiger partial charge on any atom is -0.508 e. The van der Waals surface area contributed by atoms with E-state index in [0.29, 0.717) is 22.6 Å². The van der Waals surface area contributed by atoms with Crippen molar-refractivity contribution in [1.29, 1.82) is 0 Å². The number of halogens is 1. The number of phenols is 1. The van der Waals surface area contributed by atoms with Gasteiger partial charge in [0.25, 0.3) is 0 Å². The second kappa shape index (κ2) is 12.7. The normalized spacial score (nSPS) is 15.3. The van der Waals surface area contributed by atoms with Gasteiger partial charge in [-0.05, 0) is 77.4 Å². The lowest BCUT2D eigenvalue weighted by Crippen LogP contribution is -2.27. The van der Waals surface area contributed by atoms with E-state index in [4.69, 9.17) is 9.47 Å². The number of hydrogen-bond acceptors (Lipinski definition) is 5. The van der Waals surface area contributed by atoms with Crippen LogP contribution in [0.1, 0.15) is 33.9 Å². The van der Waals surface area contributed by atoms with Crippen molar-refractivity contribution in [2.75, 3.05) is 4.90 Å². The van der Waals surface area contributed by atoms with Crippen LogP contribution in [0.25, 0.3) is 11.1 Å². The summed E-state index contributed by atoms with van der Waals surface area (Å²) in [5.74, 6) is 0.253. The first-order valence-corrected chi connectivity index (χ1v) is 14.1. The highest BCUT2D eigenvalue weighted by atomic mass is 19.1. The second-order valence-electron chi connectivity index (χ2n) is 10.3. The lowest BCUT2D eigenvalue weighted by Gasteiger charge is -2.25. The predicted octanol–water partition coefficient (Wildman–Crippen LogP) is 8.63. The van der Waals surface area contributed by atoms with Gasteiger partial charge in [-0.25, -0.2) is 9.18 Å². The molecule has 44 heavy (non-hydrogen) atoms. The number of benzene rings is 5. The molecular weight excluding hydrogens is 557 g/mol. The van der Waals surface area contributed by atoms with Gasteiger partial charge in [0.1, 0.15) is 35.7 Å². The van der Waals surface area contributed by atoms with Crippen molar-refractivity contribution in [2.24, 2.45) is 0 Å². The predicted molar refractivity (Wildman–Crippen MR) is 166 cm³/mol. The molecule has 1 fully saturated rings. The number of para-hydroxylation sites is 1. The largest absolute Gasteiger partial charge is 0.508 e. The maximum Gasteiger partial charge on any atom is 0.420 e. The third kappa shape index (κ3) is 6.22. The third-order valence-electron chi connectivity index (χ3n) is 7.34. The topological polar surface area (TPSA) is 76.1 Å². The summed E-state index contributed by atoms with van der Waals surface area (Å²) in [7, 11) is 0. The number of carbonyl (C=O) groups is 2. The quantitative estimate of drug-likeness (QED) is 0.175. The molecule has 7 heteroatoms. The summed E-state index contributed by atoms with van der Waals surface area (Å²) in [5.41, 5.74) is 4.18. The van der Waals surface area contributed by atoms with Crippen molar-refractivity contribution in [3.05, 3.63) is 162 Å². The number of cyclic esters (lactones) is 1. The molecule has 5 aromatic carbocycles. The molecule has 1 aliphatic heterocycles. The maximum atomic E-state index is 13.4. The molecule has 1 N–H and O–H groups in total. The van der Waals surface area contributed by atoms with E-state index in [2.05, 4.69) is 0 Å². The Kier molecular flexibility index (Phi) is 8.19. The Balaban J connectivity index is 1.43. The second-order valence-corrected chi connectivity index (χ2v) is 10.3. The van der Waals surface area contributed by atoms with Crippen molar-refractivity contribution >= 4 is 17.6 Å². The summed E-state index contributed by atoms with van der Waals surface area (Å²) in [6, 6.07) is 36.0. The fourth-order valence-electron chi connectivity index (χ4n) is 5.16. The number of rotatable bonds is 9. The van der Waals surface area contributed by atoms with E-state index in [-0.39, 0.29) is 30.3 Å². The highest BCUT2D eigenvalue weighted by Gasteiger charge is 2.41. The first-order valence-electron chi connectivity index (χ1n) is 14.1. The molecular formula is C37H28FNO5. The van der Waals surface area contributed by atoms with Gasteiger partial charge < -0.3 is 14.6 Å². The van der Waals surface area contributed by atoms with Gasteiger partial charge in [-0.15, -0.1) is 0 Å². The fraction of sp³-hybridized carbons (Fsp3) is 0.0811. The van der Waals surface area contributed by atoms with Crippen molar-refractivity contribution in [2.45, 2.75) is 19.1 Å². The zero-order chi connectivity index (χ0) is 30.5. The first kappa shape index (κ1) is 28.4. The minimum absolute atomic E-state index is 0.0606. The Bertz CT molecular complexity index is 1820. The molecule has 1 saturated heterocycles. The number of phenolic OH excluding ortho intramolecular Hbond substituents is 1. The maximum absolute atomic E-state index is 13.4. The summed E-state index contributed by atoms with van der Waals surface area (Å²) < 4.78 is 25.6. The lowest BCUT2D eigenvalue weighted by atomic mass is 9.96. The van der Waals surface area contributed by atoms with Crippen LogP contribution in [0.5, 0.6) is 11.5 Å². The van der Waals surface area contributed by atoms with Crippen LogP contribution in [-0.2, 0) is 11.3 Å². The molecule has 1 amide bonds. The van der Waals surface area contributed by atoms with E-state index in [0.717, 1.165) is 16.7 Å². The molecule has 5 aromatic rings. The molecule has 0 unspecified atom stereocenters. The monoisotopic (exact) mass is 585 g/mol. The molecule has 0 aromatic heterocycles. The number of ketones is 1. The molecule has 0 radical (unpaired) electrons. The van der Waals surface area contributed by atoms with Crippen molar-refractivity contribution in [3.63, 3.8) is 0 Å². The molecule has 1 heterocycles. The van der Waals surface area contributed by atoms with E-state index in [9.17, 15) is 19.1 Å². The number of carbonyl (C=O) groups excluding carboxylic acids is 2. The number of anilines is 1. The minimum atomic E-state index is -0.741. The molecule has 0 aliphatic carbocycles. The number of amides is 1.